The van der Waals surface area contributed by atoms with Crippen molar-refractivity contribution in [1.82, 2.24) is 0 Å². The van der Waals surface area contributed by atoms with Crippen molar-refractivity contribution in [2.75, 3.05) is 13.2 Å². The molecule has 11 heteroatoms. The minimum atomic E-state index is -1.28. The second-order valence-corrected chi connectivity index (χ2v) is 10.4. The van der Waals surface area contributed by atoms with Crippen molar-refractivity contribution in [3.8, 4) is 0 Å². The van der Waals surface area contributed by atoms with Crippen LogP contribution in [0, 0.1) is 0 Å². The average molecular weight is 595 g/mol. The Balaban J connectivity index is 2.29. The molecule has 1 aromatic carbocycles. The van der Waals surface area contributed by atoms with E-state index in [4.69, 9.17) is 33.2 Å². The highest BCUT2D eigenvalue weighted by Crippen LogP contribution is 2.31. The summed E-state index contributed by atoms with van der Waals surface area (Å²) in [5, 5.41) is 0. The van der Waals surface area contributed by atoms with Gasteiger partial charge in [0.15, 0.2) is 24.6 Å². The molecule has 1 aliphatic rings. The van der Waals surface area contributed by atoms with E-state index >= 15 is 0 Å². The van der Waals surface area contributed by atoms with Crippen LogP contribution in [0.3, 0.4) is 0 Å². The largest absolute Gasteiger partial charge is 0.463 e. The zero-order valence-electron chi connectivity index (χ0n) is 25.4. The third-order valence-corrected chi connectivity index (χ3v) is 6.57. The van der Waals surface area contributed by atoms with E-state index in [1.165, 1.54) is 34.1 Å². The van der Waals surface area contributed by atoms with Gasteiger partial charge in [0.05, 0.1) is 19.3 Å². The van der Waals surface area contributed by atoms with Crippen LogP contribution >= 0.6 is 0 Å². The van der Waals surface area contributed by atoms with Crippen LogP contribution in [0.4, 0.5) is 0 Å². The van der Waals surface area contributed by atoms with E-state index in [1.807, 2.05) is 30.3 Å². The number of rotatable bonds is 18. The molecule has 0 aromatic heterocycles. The Kier molecular flexibility index (Phi) is 16.1. The molecule has 11 nitrogen and oxygen atoms in total. The first-order valence-electron chi connectivity index (χ1n) is 14.7. The predicted octanol–water partition coefficient (Wildman–Crippen LogP) is 4.42. The monoisotopic (exact) mass is 594 g/mol. The molecule has 42 heavy (non-hydrogen) atoms. The number of hydrogen-bond donors (Lipinski definition) is 0. The van der Waals surface area contributed by atoms with Crippen LogP contribution in [0.15, 0.2) is 30.3 Å². The molecule has 1 saturated heterocycles. The molecule has 1 aliphatic heterocycles. The lowest BCUT2D eigenvalue weighted by atomic mass is 9.98. The maximum Gasteiger partial charge on any atom is 0.303 e. The highest BCUT2D eigenvalue weighted by Gasteiger charge is 2.53. The van der Waals surface area contributed by atoms with Gasteiger partial charge in [-0.15, -0.1) is 0 Å². The van der Waals surface area contributed by atoms with Crippen molar-refractivity contribution in [3.05, 3.63) is 35.9 Å². The molecule has 2 rings (SSSR count). The molecule has 236 valence electrons. The fourth-order valence-electron chi connectivity index (χ4n) is 4.71. The topological polar surface area (TPSA) is 133 Å². The van der Waals surface area contributed by atoms with E-state index in [-0.39, 0.29) is 13.2 Å². The number of esters is 4. The van der Waals surface area contributed by atoms with Crippen LogP contribution in [0.1, 0.15) is 85.1 Å². The molecule has 0 saturated carbocycles. The highest BCUT2D eigenvalue weighted by molar-refractivity contribution is 5.68. The number of carbonyl (C=O) groups is 4. The second-order valence-electron chi connectivity index (χ2n) is 10.4. The van der Waals surface area contributed by atoms with Gasteiger partial charge in [-0.25, -0.2) is 0 Å². The zero-order valence-corrected chi connectivity index (χ0v) is 25.4. The van der Waals surface area contributed by atoms with Gasteiger partial charge in [0.2, 0.25) is 0 Å². The number of hydrogen-bond acceptors (Lipinski definition) is 11. The maximum absolute atomic E-state index is 12.2. The Labute approximate surface area is 248 Å². The summed E-state index contributed by atoms with van der Waals surface area (Å²) in [6.45, 7) is 7.23. The summed E-state index contributed by atoms with van der Waals surface area (Å²) in [4.78, 5) is 47.8. The van der Waals surface area contributed by atoms with E-state index in [0.29, 0.717) is 13.0 Å². The van der Waals surface area contributed by atoms with E-state index in [2.05, 4.69) is 6.92 Å². The van der Waals surface area contributed by atoms with Crippen molar-refractivity contribution in [3.63, 3.8) is 0 Å². The van der Waals surface area contributed by atoms with Crippen LogP contribution in [0.5, 0.6) is 0 Å². The molecule has 0 N–H and O–H groups in total. The minimum Gasteiger partial charge on any atom is -0.463 e. The molecule has 1 fully saturated rings. The summed E-state index contributed by atoms with van der Waals surface area (Å²) in [6, 6.07) is 9.71. The summed E-state index contributed by atoms with van der Waals surface area (Å²) < 4.78 is 40.2. The first-order chi connectivity index (χ1) is 20.1. The Morgan fingerprint density at radius 1 is 0.762 bits per heavy atom. The molecule has 1 aromatic rings. The minimum absolute atomic E-state index is 0.219. The Morgan fingerprint density at radius 2 is 1.36 bits per heavy atom. The predicted molar refractivity (Wildman–Crippen MR) is 151 cm³/mol. The fraction of sp³-hybridized carbons (Fsp3) is 0.677. The van der Waals surface area contributed by atoms with E-state index in [0.717, 1.165) is 37.7 Å². The molecule has 0 spiro atoms. The lowest BCUT2D eigenvalue weighted by Gasteiger charge is -2.44. The van der Waals surface area contributed by atoms with Gasteiger partial charge in [-0.2, -0.15) is 0 Å². The Morgan fingerprint density at radius 3 is 1.98 bits per heavy atom. The number of ether oxygens (including phenoxy) is 7. The summed E-state index contributed by atoms with van der Waals surface area (Å²) in [7, 11) is 0. The van der Waals surface area contributed by atoms with Crippen molar-refractivity contribution in [1.29, 1.82) is 0 Å². The number of carbonyl (C=O) groups excluding carboxylic acids is 4. The summed E-state index contributed by atoms with van der Waals surface area (Å²) >= 11 is 0. The quantitative estimate of drug-likeness (QED) is 0.136. The molecule has 0 amide bonds. The van der Waals surface area contributed by atoms with Crippen LogP contribution in [0.25, 0.3) is 0 Å². The van der Waals surface area contributed by atoms with Crippen LogP contribution in [-0.2, 0) is 58.9 Å². The highest BCUT2D eigenvalue weighted by atomic mass is 16.7. The summed E-state index contributed by atoms with van der Waals surface area (Å²) in [5.74, 6) is -2.65. The molecule has 6 atom stereocenters. The SMILES string of the molecule is CCCCCCCC[C@H](COCc1ccccc1)O[C@@H]1O[C@H](COC(C)=O)[C@@H](OC(C)=O)[C@H](OC(C)=O)[C@H]1OC(C)=O. The molecule has 0 unspecified atom stereocenters. The van der Waals surface area contributed by atoms with Gasteiger partial charge in [0.25, 0.3) is 0 Å². The summed E-state index contributed by atoms with van der Waals surface area (Å²) in [6.07, 6.45) is 0.542. The standard InChI is InChI=1S/C31H46O11/c1-6-7-8-9-10-14-17-26(19-36-18-25-15-12-11-13-16-25)41-31-30(40-24(5)35)29(39-23(4)34)28(38-22(3)33)27(42-31)20-37-21(2)32/h11-13,15-16,26-31H,6-10,14,17-20H2,1-5H3/t26-,27-,28-,29+,30-,31-/m1/s1. The van der Waals surface area contributed by atoms with Crippen LogP contribution in [-0.4, -0.2) is 73.9 Å². The van der Waals surface area contributed by atoms with Gasteiger partial charge in [-0.05, 0) is 12.0 Å². The Bertz CT molecular complexity index is 967. The third-order valence-electron chi connectivity index (χ3n) is 6.57. The maximum atomic E-state index is 12.2. The van der Waals surface area contributed by atoms with Gasteiger partial charge in [-0.3, -0.25) is 19.2 Å². The first-order valence-corrected chi connectivity index (χ1v) is 14.7. The van der Waals surface area contributed by atoms with Crippen LogP contribution < -0.4 is 0 Å². The van der Waals surface area contributed by atoms with Gasteiger partial charge in [0, 0.05) is 27.7 Å². The molecular formula is C31H46O11. The van der Waals surface area contributed by atoms with E-state index < -0.39 is 60.7 Å². The first kappa shape index (κ1) is 35.2. The smallest absolute Gasteiger partial charge is 0.303 e. The normalized spacial score (nSPS) is 22.5. The molecule has 0 aliphatic carbocycles. The molecule has 1 heterocycles. The lowest BCUT2D eigenvalue weighted by molar-refractivity contribution is -0.319. The van der Waals surface area contributed by atoms with E-state index in [9.17, 15) is 19.2 Å². The number of benzene rings is 1. The van der Waals surface area contributed by atoms with Crippen molar-refractivity contribution < 1.29 is 52.3 Å². The van der Waals surface area contributed by atoms with Gasteiger partial charge < -0.3 is 33.2 Å². The second kappa shape index (κ2) is 19.2. The van der Waals surface area contributed by atoms with Gasteiger partial charge in [0.1, 0.15) is 12.7 Å². The lowest BCUT2D eigenvalue weighted by Crippen LogP contribution is -2.63. The fourth-order valence-corrected chi connectivity index (χ4v) is 4.71. The zero-order chi connectivity index (χ0) is 30.9. The van der Waals surface area contributed by atoms with Crippen molar-refractivity contribution in [2.24, 2.45) is 0 Å². The number of unbranched alkanes of at least 4 members (excludes halogenated alkanes) is 5. The molecule has 0 bridgehead atoms. The molecule has 0 radical (unpaired) electrons. The van der Waals surface area contributed by atoms with Gasteiger partial charge in [-0.1, -0.05) is 75.8 Å². The van der Waals surface area contributed by atoms with Crippen molar-refractivity contribution >= 4 is 23.9 Å². The Hall–Kier alpha value is -3.02. The molecular weight excluding hydrogens is 548 g/mol. The van der Waals surface area contributed by atoms with Gasteiger partial charge >= 0.3 is 23.9 Å². The van der Waals surface area contributed by atoms with E-state index in [1.54, 1.807) is 0 Å². The third kappa shape index (κ3) is 13.3. The average Bonchev–Trinajstić information content (AvgIpc) is 2.92. The summed E-state index contributed by atoms with van der Waals surface area (Å²) in [5.41, 5.74) is 1.00. The van der Waals surface area contributed by atoms with Crippen LogP contribution in [0.2, 0.25) is 0 Å². The van der Waals surface area contributed by atoms with Crippen molar-refractivity contribution in [2.45, 2.75) is 123 Å².